The average Bonchev–Trinajstić information content (AvgIpc) is 2.65. The Morgan fingerprint density at radius 2 is 1.48 bits per heavy atom. The van der Waals surface area contributed by atoms with Gasteiger partial charge in [0.15, 0.2) is 5.75 Å². The molecule has 0 aliphatic carbocycles. The van der Waals surface area contributed by atoms with Crippen molar-refractivity contribution < 1.29 is 9.53 Å². The molecule has 3 aromatic carbocycles. The molecular weight excluding hydrogens is 312 g/mol. The molecule has 25 heavy (non-hydrogen) atoms. The molecule has 4 nitrogen and oxygen atoms in total. The summed E-state index contributed by atoms with van der Waals surface area (Å²) in [6.07, 6.45) is 0. The number of carbonyl (C=O) groups excluding carboxylic acids is 1. The summed E-state index contributed by atoms with van der Waals surface area (Å²) in [5.41, 5.74) is 1.71. The van der Waals surface area contributed by atoms with E-state index < -0.39 is 0 Å². The van der Waals surface area contributed by atoms with E-state index in [1.807, 2.05) is 84.9 Å². The van der Waals surface area contributed by atoms with Crippen LogP contribution in [0.4, 0.5) is 10.5 Å². The number of nitrogens with one attached hydrogen (secondary N) is 1. The van der Waals surface area contributed by atoms with E-state index in [0.29, 0.717) is 18.0 Å². The number of benzene rings is 3. The van der Waals surface area contributed by atoms with Crippen LogP contribution in [-0.2, 0) is 6.54 Å². The third-order valence-corrected chi connectivity index (χ3v) is 3.71. The standard InChI is InChI=1S/C21H20N2O2/c1-23(16-17-10-4-2-5-11-17)21(24)22-19-14-8-9-15-20(19)25-18-12-6-3-7-13-18/h2-15H,16H2,1H3,(H,22,24). The van der Waals surface area contributed by atoms with E-state index in [9.17, 15) is 4.79 Å². The molecule has 0 radical (unpaired) electrons. The van der Waals surface area contributed by atoms with Crippen molar-refractivity contribution in [1.29, 1.82) is 0 Å². The predicted octanol–water partition coefficient (Wildman–Crippen LogP) is 5.14. The molecule has 126 valence electrons. The molecule has 0 spiro atoms. The van der Waals surface area contributed by atoms with Crippen molar-refractivity contribution in [3.05, 3.63) is 90.5 Å². The zero-order chi connectivity index (χ0) is 17.5. The van der Waals surface area contributed by atoms with Crippen LogP contribution in [0.2, 0.25) is 0 Å². The smallest absolute Gasteiger partial charge is 0.321 e. The van der Waals surface area contributed by atoms with E-state index in [-0.39, 0.29) is 6.03 Å². The van der Waals surface area contributed by atoms with Crippen LogP contribution in [0.1, 0.15) is 5.56 Å². The van der Waals surface area contributed by atoms with Gasteiger partial charge in [0.1, 0.15) is 5.75 Å². The van der Waals surface area contributed by atoms with Crippen molar-refractivity contribution in [3.8, 4) is 11.5 Å². The summed E-state index contributed by atoms with van der Waals surface area (Å²) in [7, 11) is 1.77. The number of para-hydroxylation sites is 3. The van der Waals surface area contributed by atoms with Crippen LogP contribution in [0.3, 0.4) is 0 Å². The number of hydrogen-bond donors (Lipinski definition) is 1. The van der Waals surface area contributed by atoms with Gasteiger partial charge in [0.25, 0.3) is 0 Å². The summed E-state index contributed by atoms with van der Waals surface area (Å²) in [5, 5.41) is 2.91. The second-order valence-electron chi connectivity index (χ2n) is 5.68. The number of nitrogens with zero attached hydrogens (tertiary/aromatic N) is 1. The Hall–Kier alpha value is -3.27. The molecule has 0 heterocycles. The van der Waals surface area contributed by atoms with E-state index >= 15 is 0 Å². The largest absolute Gasteiger partial charge is 0.455 e. The first-order valence-corrected chi connectivity index (χ1v) is 8.10. The van der Waals surface area contributed by atoms with Gasteiger partial charge in [-0.15, -0.1) is 0 Å². The van der Waals surface area contributed by atoms with Gasteiger partial charge in [-0.05, 0) is 29.8 Å². The Bertz CT molecular complexity index is 820. The molecule has 0 saturated heterocycles. The van der Waals surface area contributed by atoms with Crippen LogP contribution in [0.25, 0.3) is 0 Å². The maximum Gasteiger partial charge on any atom is 0.321 e. The molecule has 0 atom stereocenters. The fourth-order valence-electron chi connectivity index (χ4n) is 2.41. The summed E-state index contributed by atoms with van der Waals surface area (Å²) in [6.45, 7) is 0.536. The molecule has 0 aromatic heterocycles. The molecule has 3 rings (SSSR count). The Morgan fingerprint density at radius 3 is 2.20 bits per heavy atom. The van der Waals surface area contributed by atoms with Crippen molar-refractivity contribution in [3.63, 3.8) is 0 Å². The first-order chi connectivity index (χ1) is 12.2. The van der Waals surface area contributed by atoms with Crippen molar-refractivity contribution in [2.24, 2.45) is 0 Å². The summed E-state index contributed by atoms with van der Waals surface area (Å²) >= 11 is 0. The minimum absolute atomic E-state index is 0.187. The first kappa shape index (κ1) is 16.6. The number of hydrogen-bond acceptors (Lipinski definition) is 2. The predicted molar refractivity (Wildman–Crippen MR) is 99.9 cm³/mol. The molecule has 1 N–H and O–H groups in total. The lowest BCUT2D eigenvalue weighted by atomic mass is 10.2. The third-order valence-electron chi connectivity index (χ3n) is 3.71. The lowest BCUT2D eigenvalue weighted by Gasteiger charge is -2.19. The minimum atomic E-state index is -0.187. The summed E-state index contributed by atoms with van der Waals surface area (Å²) < 4.78 is 5.88. The van der Waals surface area contributed by atoms with Crippen molar-refractivity contribution >= 4 is 11.7 Å². The molecule has 3 aromatic rings. The molecule has 0 bridgehead atoms. The lowest BCUT2D eigenvalue weighted by Crippen LogP contribution is -2.30. The second kappa shape index (κ2) is 8.02. The molecule has 0 aliphatic rings. The van der Waals surface area contributed by atoms with Gasteiger partial charge >= 0.3 is 6.03 Å². The van der Waals surface area contributed by atoms with E-state index in [4.69, 9.17) is 4.74 Å². The highest BCUT2D eigenvalue weighted by Crippen LogP contribution is 2.29. The van der Waals surface area contributed by atoms with Crippen molar-refractivity contribution in [2.45, 2.75) is 6.54 Å². The van der Waals surface area contributed by atoms with Crippen LogP contribution in [-0.4, -0.2) is 18.0 Å². The van der Waals surface area contributed by atoms with Gasteiger partial charge in [0, 0.05) is 13.6 Å². The highest BCUT2D eigenvalue weighted by molar-refractivity contribution is 5.90. The Morgan fingerprint density at radius 1 is 0.880 bits per heavy atom. The van der Waals surface area contributed by atoms with Crippen molar-refractivity contribution in [2.75, 3.05) is 12.4 Å². The quantitative estimate of drug-likeness (QED) is 0.702. The minimum Gasteiger partial charge on any atom is -0.455 e. The van der Waals surface area contributed by atoms with Gasteiger partial charge in [-0.1, -0.05) is 60.7 Å². The Labute approximate surface area is 147 Å². The molecule has 0 saturated carbocycles. The second-order valence-corrected chi connectivity index (χ2v) is 5.68. The monoisotopic (exact) mass is 332 g/mol. The highest BCUT2D eigenvalue weighted by Gasteiger charge is 2.12. The number of anilines is 1. The molecule has 4 heteroatoms. The molecule has 0 aliphatic heterocycles. The number of urea groups is 1. The SMILES string of the molecule is CN(Cc1ccccc1)C(=O)Nc1ccccc1Oc1ccccc1. The van der Waals surface area contributed by atoms with Gasteiger partial charge in [-0.3, -0.25) is 0 Å². The van der Waals surface area contributed by atoms with E-state index in [2.05, 4.69) is 5.32 Å². The van der Waals surface area contributed by atoms with Gasteiger partial charge in [0.05, 0.1) is 5.69 Å². The maximum absolute atomic E-state index is 12.5. The van der Waals surface area contributed by atoms with Crippen LogP contribution < -0.4 is 10.1 Å². The lowest BCUT2D eigenvalue weighted by molar-refractivity contribution is 0.220. The average molecular weight is 332 g/mol. The molecule has 2 amide bonds. The fraction of sp³-hybridized carbons (Fsp3) is 0.0952. The van der Waals surface area contributed by atoms with Gasteiger partial charge in [-0.25, -0.2) is 4.79 Å². The number of carbonyl (C=O) groups is 1. The Kier molecular flexibility index (Phi) is 5.32. The van der Waals surface area contributed by atoms with Crippen molar-refractivity contribution in [1.82, 2.24) is 4.90 Å². The number of ether oxygens (including phenoxy) is 1. The molecule has 0 fully saturated rings. The summed E-state index contributed by atoms with van der Waals surface area (Å²) in [6, 6.07) is 26.6. The van der Waals surface area contributed by atoms with Crippen LogP contribution >= 0.6 is 0 Å². The first-order valence-electron chi connectivity index (χ1n) is 8.10. The molecule has 0 unspecified atom stereocenters. The third kappa shape index (κ3) is 4.61. The zero-order valence-electron chi connectivity index (χ0n) is 14.1. The normalized spacial score (nSPS) is 10.1. The van der Waals surface area contributed by atoms with Gasteiger partial charge in [0.2, 0.25) is 0 Å². The van der Waals surface area contributed by atoms with E-state index in [0.717, 1.165) is 11.3 Å². The number of amides is 2. The van der Waals surface area contributed by atoms with E-state index in [1.165, 1.54) is 0 Å². The van der Waals surface area contributed by atoms with Gasteiger partial charge in [-0.2, -0.15) is 0 Å². The molecular formula is C21H20N2O2. The fourth-order valence-corrected chi connectivity index (χ4v) is 2.41. The zero-order valence-corrected chi connectivity index (χ0v) is 14.1. The van der Waals surface area contributed by atoms with Crippen LogP contribution in [0, 0.1) is 0 Å². The summed E-state index contributed by atoms with van der Waals surface area (Å²) in [4.78, 5) is 14.1. The van der Waals surface area contributed by atoms with E-state index in [1.54, 1.807) is 11.9 Å². The van der Waals surface area contributed by atoms with Crippen LogP contribution in [0.15, 0.2) is 84.9 Å². The van der Waals surface area contributed by atoms with Gasteiger partial charge < -0.3 is 15.0 Å². The highest BCUT2D eigenvalue weighted by atomic mass is 16.5. The summed E-state index contributed by atoms with van der Waals surface area (Å²) in [5.74, 6) is 1.33. The van der Waals surface area contributed by atoms with Crippen LogP contribution in [0.5, 0.6) is 11.5 Å². The maximum atomic E-state index is 12.5. The topological polar surface area (TPSA) is 41.6 Å². The number of rotatable bonds is 5. The Balaban J connectivity index is 1.69.